The molecule has 0 N–H and O–H groups in total. The lowest BCUT2D eigenvalue weighted by atomic mass is 10.0. The molecule has 3 rings (SSSR count). The van der Waals surface area contributed by atoms with Crippen LogP contribution in [0.15, 0.2) is 57.4 Å². The molecule has 1 heterocycles. The molecule has 0 aromatic heterocycles. The molecule has 5 nitrogen and oxygen atoms in total. The Morgan fingerprint density at radius 2 is 2.08 bits per heavy atom. The second-order valence-corrected chi connectivity index (χ2v) is 7.19. The lowest BCUT2D eigenvalue weighted by Gasteiger charge is -2.24. The van der Waals surface area contributed by atoms with Crippen LogP contribution in [0.5, 0.6) is 0 Å². The van der Waals surface area contributed by atoms with Gasteiger partial charge in [-0.1, -0.05) is 28.1 Å². The van der Waals surface area contributed by atoms with E-state index in [-0.39, 0.29) is 10.9 Å². The Balaban J connectivity index is 2.10. The molecule has 2 aromatic carbocycles. The predicted octanol–water partition coefficient (Wildman–Crippen LogP) is 4.76. The number of benzene rings is 2. The van der Waals surface area contributed by atoms with Crippen LogP contribution >= 0.6 is 27.7 Å². The van der Waals surface area contributed by atoms with Crippen LogP contribution in [0, 0.1) is 10.1 Å². The summed E-state index contributed by atoms with van der Waals surface area (Å²) in [5, 5.41) is 10.7. The minimum absolute atomic E-state index is 0.00100. The van der Waals surface area contributed by atoms with E-state index in [0.717, 1.165) is 14.9 Å². The number of rotatable bonds is 3. The highest BCUT2D eigenvalue weighted by Gasteiger charge is 2.30. The van der Waals surface area contributed by atoms with Gasteiger partial charge in [0.05, 0.1) is 22.9 Å². The molecule has 0 saturated heterocycles. The largest absolute Gasteiger partial charge is 0.466 e. The number of nitro benzene ring substituents is 1. The summed E-state index contributed by atoms with van der Waals surface area (Å²) < 4.78 is 5.81. The number of nitro groups is 1. The Hall–Kier alpha value is -2.12. The summed E-state index contributed by atoms with van der Waals surface area (Å²) in [7, 11) is 1.33. The van der Waals surface area contributed by atoms with Gasteiger partial charge >= 0.3 is 5.97 Å². The Morgan fingerprint density at radius 1 is 1.29 bits per heavy atom. The summed E-state index contributed by atoms with van der Waals surface area (Å²) in [5.74, 6) is -0.440. The summed E-state index contributed by atoms with van der Waals surface area (Å²) in [6, 6.07) is 12.1. The molecule has 0 spiro atoms. The number of hydrogen-bond acceptors (Lipinski definition) is 5. The van der Waals surface area contributed by atoms with Gasteiger partial charge < -0.3 is 4.74 Å². The van der Waals surface area contributed by atoms with E-state index in [1.165, 1.54) is 31.0 Å². The van der Waals surface area contributed by atoms with Crippen LogP contribution in [-0.2, 0) is 9.53 Å². The maximum absolute atomic E-state index is 12.2. The lowest BCUT2D eigenvalue weighted by Crippen LogP contribution is -2.14. The van der Waals surface area contributed by atoms with Crippen LogP contribution in [0.3, 0.4) is 0 Å². The molecule has 0 bridgehead atoms. The monoisotopic (exact) mass is 405 g/mol. The Kier molecular flexibility index (Phi) is 4.73. The fraction of sp³-hybridized carbons (Fsp3) is 0.118. The van der Waals surface area contributed by atoms with Crippen molar-refractivity contribution in [3.63, 3.8) is 0 Å². The molecule has 1 aliphatic heterocycles. The van der Waals surface area contributed by atoms with Gasteiger partial charge in [0, 0.05) is 21.5 Å². The van der Waals surface area contributed by atoms with Crippen molar-refractivity contribution in [1.82, 2.24) is 0 Å². The van der Waals surface area contributed by atoms with Crippen LogP contribution in [0.4, 0.5) is 5.69 Å². The number of methoxy groups -OCH3 is 1. The number of nitrogens with zero attached hydrogens (tertiary/aromatic N) is 1. The minimum atomic E-state index is -0.441. The van der Waals surface area contributed by atoms with Crippen molar-refractivity contribution in [3.05, 3.63) is 73.8 Å². The quantitative estimate of drug-likeness (QED) is 0.418. The zero-order valence-electron chi connectivity index (χ0n) is 12.6. The first-order valence-electron chi connectivity index (χ1n) is 7.00. The van der Waals surface area contributed by atoms with E-state index in [1.807, 2.05) is 18.2 Å². The second-order valence-electron chi connectivity index (χ2n) is 5.12. The molecule has 122 valence electrons. The third-order valence-electron chi connectivity index (χ3n) is 3.62. The molecule has 0 fully saturated rings. The van der Waals surface area contributed by atoms with Crippen LogP contribution < -0.4 is 0 Å². The Morgan fingerprint density at radius 3 is 2.79 bits per heavy atom. The molecular formula is C17H12BrNO4S. The number of non-ortho nitro benzene ring substituents is 1. The van der Waals surface area contributed by atoms with E-state index in [2.05, 4.69) is 15.9 Å². The van der Waals surface area contributed by atoms with Gasteiger partial charge in [0.25, 0.3) is 5.69 Å². The molecular weight excluding hydrogens is 394 g/mol. The Bertz CT molecular complexity index is 865. The van der Waals surface area contributed by atoms with Crippen molar-refractivity contribution in [1.29, 1.82) is 0 Å². The fourth-order valence-corrected chi connectivity index (χ4v) is 4.11. The topological polar surface area (TPSA) is 69.4 Å². The van der Waals surface area contributed by atoms with Gasteiger partial charge in [0.2, 0.25) is 0 Å². The van der Waals surface area contributed by atoms with Gasteiger partial charge in [-0.3, -0.25) is 10.1 Å². The molecule has 0 amide bonds. The van der Waals surface area contributed by atoms with Crippen LogP contribution in [-0.4, -0.2) is 18.0 Å². The zero-order valence-corrected chi connectivity index (χ0v) is 15.0. The summed E-state index contributed by atoms with van der Waals surface area (Å²) in [5.41, 5.74) is 2.07. The highest BCUT2D eigenvalue weighted by atomic mass is 79.9. The predicted molar refractivity (Wildman–Crippen MR) is 95.8 cm³/mol. The molecule has 24 heavy (non-hydrogen) atoms. The first kappa shape index (κ1) is 16.7. The Labute approximate surface area is 151 Å². The first-order valence-corrected chi connectivity index (χ1v) is 8.67. The van der Waals surface area contributed by atoms with Gasteiger partial charge in [-0.15, -0.1) is 11.8 Å². The smallest absolute Gasteiger partial charge is 0.335 e. The number of fused-ring (bicyclic) bond motifs is 1. The lowest BCUT2D eigenvalue weighted by molar-refractivity contribution is -0.384. The second kappa shape index (κ2) is 6.78. The van der Waals surface area contributed by atoms with Gasteiger partial charge in [-0.25, -0.2) is 4.79 Å². The SMILES string of the molecule is COC(=O)C1=Cc2cc(Br)ccc2SC1c1cccc([N+](=O)[O-])c1. The third kappa shape index (κ3) is 3.22. The summed E-state index contributed by atoms with van der Waals surface area (Å²) in [6.07, 6.45) is 1.78. The first-order chi connectivity index (χ1) is 11.5. The molecule has 1 atom stereocenters. The average molecular weight is 406 g/mol. The van der Waals surface area contributed by atoms with E-state index in [1.54, 1.807) is 18.2 Å². The van der Waals surface area contributed by atoms with Crippen molar-refractivity contribution < 1.29 is 14.5 Å². The molecule has 7 heteroatoms. The standard InChI is InChI=1S/C17H12BrNO4S/c1-23-17(20)14-9-11-7-12(18)5-6-15(11)24-16(14)10-3-2-4-13(8-10)19(21)22/h2-9,16H,1H3. The fourth-order valence-electron chi connectivity index (χ4n) is 2.51. The maximum atomic E-state index is 12.2. The van der Waals surface area contributed by atoms with E-state index in [0.29, 0.717) is 11.1 Å². The van der Waals surface area contributed by atoms with Crippen molar-refractivity contribution >= 4 is 45.4 Å². The molecule has 0 saturated carbocycles. The van der Waals surface area contributed by atoms with E-state index in [4.69, 9.17) is 4.74 Å². The van der Waals surface area contributed by atoms with Crippen LogP contribution in [0.25, 0.3) is 6.08 Å². The summed E-state index contributed by atoms with van der Waals surface area (Å²) in [4.78, 5) is 23.8. The number of ether oxygens (including phenoxy) is 1. The van der Waals surface area contributed by atoms with E-state index in [9.17, 15) is 14.9 Å². The molecule has 1 unspecified atom stereocenters. The summed E-state index contributed by atoms with van der Waals surface area (Å²) >= 11 is 4.90. The van der Waals surface area contributed by atoms with Gasteiger partial charge in [-0.05, 0) is 35.4 Å². The highest BCUT2D eigenvalue weighted by molar-refractivity contribution is 9.10. The van der Waals surface area contributed by atoms with Gasteiger partial charge in [0.1, 0.15) is 0 Å². The van der Waals surface area contributed by atoms with Gasteiger partial charge in [-0.2, -0.15) is 0 Å². The van der Waals surface area contributed by atoms with Crippen molar-refractivity contribution in [2.45, 2.75) is 10.1 Å². The van der Waals surface area contributed by atoms with Crippen molar-refractivity contribution in [2.75, 3.05) is 7.11 Å². The molecule has 1 aliphatic rings. The number of halogens is 1. The number of thioether (sulfide) groups is 1. The number of hydrogen-bond donors (Lipinski definition) is 0. The number of esters is 1. The number of carbonyl (C=O) groups excluding carboxylic acids is 1. The normalized spacial score (nSPS) is 16.1. The van der Waals surface area contributed by atoms with E-state index >= 15 is 0 Å². The maximum Gasteiger partial charge on any atom is 0.335 e. The average Bonchev–Trinajstić information content (AvgIpc) is 2.59. The third-order valence-corrected chi connectivity index (χ3v) is 5.50. The highest BCUT2D eigenvalue weighted by Crippen LogP contribution is 2.48. The van der Waals surface area contributed by atoms with Crippen molar-refractivity contribution in [3.8, 4) is 0 Å². The van der Waals surface area contributed by atoms with Gasteiger partial charge in [0.15, 0.2) is 0 Å². The number of carbonyl (C=O) groups is 1. The van der Waals surface area contributed by atoms with Crippen LogP contribution in [0.1, 0.15) is 16.4 Å². The molecule has 0 radical (unpaired) electrons. The molecule has 2 aromatic rings. The summed E-state index contributed by atoms with van der Waals surface area (Å²) in [6.45, 7) is 0. The minimum Gasteiger partial charge on any atom is -0.466 e. The molecule has 0 aliphatic carbocycles. The van der Waals surface area contributed by atoms with Crippen LogP contribution in [0.2, 0.25) is 0 Å². The zero-order chi connectivity index (χ0) is 17.3. The van der Waals surface area contributed by atoms with E-state index < -0.39 is 10.9 Å². The van der Waals surface area contributed by atoms with Crippen molar-refractivity contribution in [2.24, 2.45) is 0 Å².